The zero-order chi connectivity index (χ0) is 13.9. The topological polar surface area (TPSA) is 29.3 Å². The smallest absolute Gasteiger partial charge is 0.0424 e. The predicted octanol–water partition coefficient (Wildman–Crippen LogP) is 3.05. The van der Waals surface area contributed by atoms with Crippen molar-refractivity contribution >= 4 is 0 Å². The van der Waals surface area contributed by atoms with Crippen molar-refractivity contribution in [3.63, 3.8) is 0 Å². The van der Waals surface area contributed by atoms with E-state index in [9.17, 15) is 0 Å². The molecule has 0 aromatic heterocycles. The second-order valence-electron chi connectivity index (χ2n) is 5.77. The molecule has 2 N–H and O–H groups in total. The van der Waals surface area contributed by atoms with Crippen molar-refractivity contribution in [1.82, 2.24) is 4.90 Å². The molecule has 1 aliphatic rings. The van der Waals surface area contributed by atoms with Crippen LogP contribution in [0, 0.1) is 6.92 Å². The number of nitrogens with zero attached hydrogens (tertiary/aromatic N) is 1. The van der Waals surface area contributed by atoms with Crippen LogP contribution in [0.5, 0.6) is 0 Å². The second-order valence-corrected chi connectivity index (χ2v) is 5.77. The van der Waals surface area contributed by atoms with Gasteiger partial charge in [-0.3, -0.25) is 4.90 Å². The molecule has 2 heteroatoms. The summed E-state index contributed by atoms with van der Waals surface area (Å²) < 4.78 is 0. The molecule has 1 atom stereocenters. The summed E-state index contributed by atoms with van der Waals surface area (Å²) >= 11 is 0. The number of benzene rings is 2. The SMILES string of the molecule is Cc1ccc(C(N)CN2CCc3ccccc3C2)cc1. The van der Waals surface area contributed by atoms with Crippen molar-refractivity contribution < 1.29 is 0 Å². The van der Waals surface area contributed by atoms with Crippen LogP contribution in [-0.2, 0) is 13.0 Å². The molecule has 0 aliphatic carbocycles. The minimum absolute atomic E-state index is 0.0980. The Morgan fingerprint density at radius 1 is 1.05 bits per heavy atom. The van der Waals surface area contributed by atoms with Gasteiger partial charge >= 0.3 is 0 Å². The minimum Gasteiger partial charge on any atom is -0.323 e. The van der Waals surface area contributed by atoms with Crippen LogP contribution in [0.15, 0.2) is 48.5 Å². The summed E-state index contributed by atoms with van der Waals surface area (Å²) in [5.74, 6) is 0. The first-order chi connectivity index (χ1) is 9.72. The summed E-state index contributed by atoms with van der Waals surface area (Å²) in [5, 5.41) is 0. The van der Waals surface area contributed by atoms with Crippen LogP contribution in [0.4, 0.5) is 0 Å². The fourth-order valence-corrected chi connectivity index (χ4v) is 2.91. The van der Waals surface area contributed by atoms with Crippen molar-refractivity contribution in [2.45, 2.75) is 25.9 Å². The monoisotopic (exact) mass is 266 g/mol. The lowest BCUT2D eigenvalue weighted by Gasteiger charge is -2.30. The zero-order valence-electron chi connectivity index (χ0n) is 12.0. The van der Waals surface area contributed by atoms with Crippen LogP contribution < -0.4 is 5.73 Å². The molecule has 3 rings (SSSR count). The molecule has 0 radical (unpaired) electrons. The van der Waals surface area contributed by atoms with E-state index >= 15 is 0 Å². The van der Waals surface area contributed by atoms with Crippen LogP contribution in [0.1, 0.15) is 28.3 Å². The first kappa shape index (κ1) is 13.3. The Morgan fingerprint density at radius 3 is 2.50 bits per heavy atom. The van der Waals surface area contributed by atoms with Gasteiger partial charge in [-0.15, -0.1) is 0 Å². The number of nitrogens with two attached hydrogens (primary N) is 1. The van der Waals surface area contributed by atoms with E-state index in [4.69, 9.17) is 5.73 Å². The van der Waals surface area contributed by atoms with Crippen molar-refractivity contribution in [3.05, 3.63) is 70.8 Å². The fraction of sp³-hybridized carbons (Fsp3) is 0.333. The quantitative estimate of drug-likeness (QED) is 0.925. The molecule has 0 amide bonds. The molecule has 1 aliphatic heterocycles. The molecule has 2 nitrogen and oxygen atoms in total. The molecular formula is C18H22N2. The Morgan fingerprint density at radius 2 is 1.75 bits per heavy atom. The third-order valence-corrected chi connectivity index (χ3v) is 4.17. The summed E-state index contributed by atoms with van der Waals surface area (Å²) in [4.78, 5) is 2.47. The first-order valence-electron chi connectivity index (χ1n) is 7.33. The maximum absolute atomic E-state index is 6.35. The summed E-state index contributed by atoms with van der Waals surface area (Å²) in [6.45, 7) is 5.17. The first-order valence-corrected chi connectivity index (χ1v) is 7.33. The number of fused-ring (bicyclic) bond motifs is 1. The van der Waals surface area contributed by atoms with Gasteiger partial charge in [-0.25, -0.2) is 0 Å². The third kappa shape index (κ3) is 2.92. The van der Waals surface area contributed by atoms with Gasteiger partial charge in [0.05, 0.1) is 0 Å². The lowest BCUT2D eigenvalue weighted by atomic mass is 9.98. The van der Waals surface area contributed by atoms with Gasteiger partial charge in [0, 0.05) is 25.7 Å². The molecule has 0 saturated carbocycles. The standard InChI is InChI=1S/C18H22N2/c1-14-6-8-16(9-7-14)18(19)13-20-11-10-15-4-2-3-5-17(15)12-20/h2-9,18H,10-13,19H2,1H3. The van der Waals surface area contributed by atoms with Crippen LogP contribution in [0.25, 0.3) is 0 Å². The largest absolute Gasteiger partial charge is 0.323 e. The normalized spacial score (nSPS) is 16.7. The van der Waals surface area contributed by atoms with Crippen LogP contribution in [-0.4, -0.2) is 18.0 Å². The highest BCUT2D eigenvalue weighted by molar-refractivity contribution is 5.29. The van der Waals surface area contributed by atoms with Gasteiger partial charge in [-0.05, 0) is 30.0 Å². The van der Waals surface area contributed by atoms with E-state index < -0.39 is 0 Å². The molecule has 1 unspecified atom stereocenters. The lowest BCUT2D eigenvalue weighted by Crippen LogP contribution is -2.36. The van der Waals surface area contributed by atoms with Crippen LogP contribution in [0.3, 0.4) is 0 Å². The van der Waals surface area contributed by atoms with Crippen LogP contribution >= 0.6 is 0 Å². The summed E-state index contributed by atoms with van der Waals surface area (Å²) in [5.41, 5.74) is 11.8. The lowest BCUT2D eigenvalue weighted by molar-refractivity contribution is 0.239. The average molecular weight is 266 g/mol. The molecule has 104 valence electrons. The van der Waals surface area contributed by atoms with E-state index in [0.29, 0.717) is 0 Å². The predicted molar refractivity (Wildman–Crippen MR) is 83.5 cm³/mol. The molecule has 20 heavy (non-hydrogen) atoms. The summed E-state index contributed by atoms with van der Waals surface area (Å²) in [6, 6.07) is 17.4. The van der Waals surface area contributed by atoms with Gasteiger partial charge in [0.2, 0.25) is 0 Å². The molecule has 0 fully saturated rings. The van der Waals surface area contributed by atoms with E-state index in [0.717, 1.165) is 26.1 Å². The average Bonchev–Trinajstić information content (AvgIpc) is 2.48. The molecule has 2 aromatic rings. The number of aryl methyl sites for hydroxylation is 1. The molecule has 2 aromatic carbocycles. The van der Waals surface area contributed by atoms with Crippen molar-refractivity contribution in [1.29, 1.82) is 0 Å². The minimum atomic E-state index is 0.0980. The fourth-order valence-electron chi connectivity index (χ4n) is 2.91. The van der Waals surface area contributed by atoms with Gasteiger partial charge in [0.25, 0.3) is 0 Å². The van der Waals surface area contributed by atoms with E-state index in [-0.39, 0.29) is 6.04 Å². The summed E-state index contributed by atoms with van der Waals surface area (Å²) in [7, 11) is 0. The van der Waals surface area contributed by atoms with Gasteiger partial charge in [-0.1, -0.05) is 54.1 Å². The number of hydrogen-bond donors (Lipinski definition) is 1. The number of rotatable bonds is 3. The molecule has 0 spiro atoms. The summed E-state index contributed by atoms with van der Waals surface area (Å²) in [6.07, 6.45) is 1.14. The van der Waals surface area contributed by atoms with Gasteiger partial charge in [-0.2, -0.15) is 0 Å². The maximum atomic E-state index is 6.35. The number of hydrogen-bond acceptors (Lipinski definition) is 2. The van der Waals surface area contributed by atoms with Gasteiger partial charge in [0.15, 0.2) is 0 Å². The van der Waals surface area contributed by atoms with Crippen molar-refractivity contribution in [2.75, 3.05) is 13.1 Å². The highest BCUT2D eigenvalue weighted by atomic mass is 15.1. The second kappa shape index (κ2) is 5.78. The highest BCUT2D eigenvalue weighted by Crippen LogP contribution is 2.21. The molecule has 1 heterocycles. The van der Waals surface area contributed by atoms with Crippen LogP contribution in [0.2, 0.25) is 0 Å². The van der Waals surface area contributed by atoms with Gasteiger partial charge < -0.3 is 5.73 Å². The van der Waals surface area contributed by atoms with E-state index in [1.165, 1.54) is 22.3 Å². The Kier molecular flexibility index (Phi) is 3.86. The zero-order valence-corrected chi connectivity index (χ0v) is 12.0. The highest BCUT2D eigenvalue weighted by Gasteiger charge is 2.18. The third-order valence-electron chi connectivity index (χ3n) is 4.17. The van der Waals surface area contributed by atoms with E-state index in [1.54, 1.807) is 0 Å². The Labute approximate surface area is 121 Å². The Bertz CT molecular complexity index is 574. The Hall–Kier alpha value is -1.64. The van der Waals surface area contributed by atoms with Crippen molar-refractivity contribution in [2.24, 2.45) is 5.73 Å². The van der Waals surface area contributed by atoms with Gasteiger partial charge in [0.1, 0.15) is 0 Å². The molecule has 0 bridgehead atoms. The molecular weight excluding hydrogens is 244 g/mol. The molecule has 0 saturated heterocycles. The van der Waals surface area contributed by atoms with E-state index in [2.05, 4.69) is 60.4 Å². The van der Waals surface area contributed by atoms with E-state index in [1.807, 2.05) is 0 Å². The Balaban J connectivity index is 1.66. The van der Waals surface area contributed by atoms with Crippen molar-refractivity contribution in [3.8, 4) is 0 Å². The maximum Gasteiger partial charge on any atom is 0.0424 e.